The zero-order valence-corrected chi connectivity index (χ0v) is 10.7. The molecule has 0 heterocycles. The lowest BCUT2D eigenvalue weighted by Gasteiger charge is -2.14. The van der Waals surface area contributed by atoms with Gasteiger partial charge in [0, 0.05) is 0 Å². The van der Waals surface area contributed by atoms with Gasteiger partial charge in [-0.2, -0.15) is 0 Å². The second-order valence-corrected chi connectivity index (χ2v) is 5.52. The lowest BCUT2D eigenvalue weighted by molar-refractivity contribution is -0.148. The summed E-state index contributed by atoms with van der Waals surface area (Å²) in [6.45, 7) is 8.34. The molecule has 0 unspecified atom stereocenters. The average Bonchev–Trinajstić information content (AvgIpc) is 2.00. The molecule has 0 saturated heterocycles. The van der Waals surface area contributed by atoms with Crippen molar-refractivity contribution < 1.29 is 19.1 Å². The van der Waals surface area contributed by atoms with E-state index in [-0.39, 0.29) is 13.0 Å². The van der Waals surface area contributed by atoms with Gasteiger partial charge in [-0.05, 0) is 20.8 Å². The van der Waals surface area contributed by atoms with Crippen LogP contribution in [0, 0.1) is 0 Å². The normalized spacial score (nSPS) is 10.7. The van der Waals surface area contributed by atoms with Crippen LogP contribution < -0.4 is 0 Å². The van der Waals surface area contributed by atoms with Crippen LogP contribution >= 0.6 is 15.9 Å². The van der Waals surface area contributed by atoms with Crippen LogP contribution in [0.1, 0.15) is 27.2 Å². The molecule has 0 radical (unpaired) electrons. The molecule has 0 saturated carbocycles. The Kier molecular flexibility index (Phi) is 5.57. The van der Waals surface area contributed by atoms with Gasteiger partial charge < -0.3 is 9.47 Å². The zero-order valence-electron chi connectivity index (χ0n) is 9.13. The van der Waals surface area contributed by atoms with Crippen LogP contribution in [-0.4, -0.2) is 22.9 Å². The summed E-state index contributed by atoms with van der Waals surface area (Å²) >= 11 is 3.15. The highest BCUT2D eigenvalue weighted by atomic mass is 79.9. The molecule has 0 aliphatic carbocycles. The van der Waals surface area contributed by atoms with E-state index in [0.717, 1.165) is 0 Å². The van der Waals surface area contributed by atoms with Crippen molar-refractivity contribution in [3.63, 3.8) is 0 Å². The van der Waals surface area contributed by atoms with Gasteiger partial charge in [-0.1, -0.05) is 22.5 Å². The van der Waals surface area contributed by atoms with Crippen LogP contribution in [0.15, 0.2) is 12.3 Å². The highest BCUT2D eigenvalue weighted by Crippen LogP contribution is 2.17. The molecule has 0 fully saturated rings. The van der Waals surface area contributed by atoms with E-state index in [2.05, 4.69) is 27.2 Å². The Morgan fingerprint density at radius 3 is 2.33 bits per heavy atom. The summed E-state index contributed by atoms with van der Waals surface area (Å²) in [5.41, 5.74) is 0. The maximum atomic E-state index is 11.2. The molecule has 0 aliphatic rings. The fraction of sp³-hybridized carbons (Fsp3) is 0.600. The van der Waals surface area contributed by atoms with Crippen LogP contribution in [-0.2, 0) is 19.1 Å². The number of alkyl halides is 1. The Labute approximate surface area is 97.8 Å². The second kappa shape index (κ2) is 5.90. The van der Waals surface area contributed by atoms with Crippen molar-refractivity contribution in [1.82, 2.24) is 0 Å². The number of carbonyl (C=O) groups excluding carboxylic acids is 2. The Morgan fingerprint density at radius 1 is 1.40 bits per heavy atom. The highest BCUT2D eigenvalue weighted by Gasteiger charge is 2.25. The van der Waals surface area contributed by atoms with Gasteiger partial charge >= 0.3 is 11.9 Å². The molecule has 0 bridgehead atoms. The number of carbonyl (C=O) groups is 2. The quantitative estimate of drug-likeness (QED) is 0.439. The predicted molar refractivity (Wildman–Crippen MR) is 59.5 cm³/mol. The van der Waals surface area contributed by atoms with E-state index < -0.39 is 16.3 Å². The van der Waals surface area contributed by atoms with Crippen molar-refractivity contribution in [3.8, 4) is 0 Å². The summed E-state index contributed by atoms with van der Waals surface area (Å²) < 4.78 is 8.79. The summed E-state index contributed by atoms with van der Waals surface area (Å²) in [5.74, 6) is -0.541. The van der Waals surface area contributed by atoms with Crippen LogP contribution in [0.5, 0.6) is 0 Å². The van der Waals surface area contributed by atoms with E-state index in [0.29, 0.717) is 5.76 Å². The van der Waals surface area contributed by atoms with Crippen molar-refractivity contribution in [3.05, 3.63) is 12.3 Å². The Bertz CT molecular complexity index is 265. The summed E-state index contributed by atoms with van der Waals surface area (Å²) in [5, 5.41) is 0. The first-order chi connectivity index (χ1) is 6.73. The smallest absolute Gasteiger partial charge is 0.322 e. The molecule has 0 aromatic rings. The summed E-state index contributed by atoms with van der Waals surface area (Å²) in [7, 11) is 0. The average molecular weight is 279 g/mol. The van der Waals surface area contributed by atoms with Gasteiger partial charge in [-0.15, -0.1) is 0 Å². The van der Waals surface area contributed by atoms with E-state index in [4.69, 9.17) is 4.74 Å². The van der Waals surface area contributed by atoms with Gasteiger partial charge in [0.15, 0.2) is 0 Å². The molecule has 0 atom stereocenters. The molecule has 5 heteroatoms. The first kappa shape index (κ1) is 14.2. The molecule has 86 valence electrons. The first-order valence-corrected chi connectivity index (χ1v) is 5.25. The Morgan fingerprint density at radius 2 is 1.93 bits per heavy atom. The molecule has 0 aromatic carbocycles. The molecule has 4 nitrogen and oxygen atoms in total. The van der Waals surface area contributed by atoms with Crippen LogP contribution in [0.25, 0.3) is 0 Å². The van der Waals surface area contributed by atoms with Crippen molar-refractivity contribution in [2.75, 3.05) is 6.61 Å². The molecule has 0 spiro atoms. The molecular formula is C10H15BrO4. The second-order valence-electron chi connectivity index (χ2n) is 3.53. The topological polar surface area (TPSA) is 52.6 Å². The lowest BCUT2D eigenvalue weighted by Crippen LogP contribution is -2.27. The van der Waals surface area contributed by atoms with Crippen molar-refractivity contribution in [2.45, 2.75) is 31.5 Å². The summed E-state index contributed by atoms with van der Waals surface area (Å²) in [4.78, 5) is 22.2. The standard InChI is InChI=1S/C10H15BrO4/c1-7(2)15-8(12)5-6-14-9(13)10(3,4)11/h1,5-6H2,2-4H3. The van der Waals surface area contributed by atoms with E-state index in [1.165, 1.54) is 0 Å². The molecule has 0 aromatic heterocycles. The molecular weight excluding hydrogens is 264 g/mol. The van der Waals surface area contributed by atoms with Gasteiger partial charge in [-0.3, -0.25) is 9.59 Å². The van der Waals surface area contributed by atoms with Gasteiger partial charge in [0.2, 0.25) is 0 Å². The minimum Gasteiger partial charge on any atom is -0.464 e. The largest absolute Gasteiger partial charge is 0.464 e. The lowest BCUT2D eigenvalue weighted by atomic mass is 10.2. The number of rotatable bonds is 5. The van der Waals surface area contributed by atoms with Gasteiger partial charge in [0.05, 0.1) is 12.2 Å². The highest BCUT2D eigenvalue weighted by molar-refractivity contribution is 9.10. The van der Waals surface area contributed by atoms with E-state index in [1.54, 1.807) is 20.8 Å². The molecule has 0 N–H and O–H groups in total. The SMILES string of the molecule is C=C(C)OC(=O)CCOC(=O)C(C)(C)Br. The number of ether oxygens (including phenoxy) is 2. The van der Waals surface area contributed by atoms with Gasteiger partial charge in [0.25, 0.3) is 0 Å². The van der Waals surface area contributed by atoms with Gasteiger partial charge in [0.1, 0.15) is 10.9 Å². The zero-order chi connectivity index (χ0) is 12.1. The fourth-order valence-electron chi connectivity index (χ4n) is 0.644. The maximum Gasteiger partial charge on any atom is 0.322 e. The third kappa shape index (κ3) is 7.13. The number of halogens is 1. The van der Waals surface area contributed by atoms with Crippen molar-refractivity contribution in [1.29, 1.82) is 0 Å². The third-order valence-electron chi connectivity index (χ3n) is 1.31. The van der Waals surface area contributed by atoms with Crippen LogP contribution in [0.3, 0.4) is 0 Å². The molecule has 0 rings (SSSR count). The number of hydrogen-bond donors (Lipinski definition) is 0. The minimum absolute atomic E-state index is 0.0139. The summed E-state index contributed by atoms with van der Waals surface area (Å²) in [6, 6.07) is 0. The van der Waals surface area contributed by atoms with E-state index in [1.807, 2.05) is 0 Å². The van der Waals surface area contributed by atoms with Crippen molar-refractivity contribution >= 4 is 27.9 Å². The third-order valence-corrected chi connectivity index (χ3v) is 1.64. The number of esters is 2. The minimum atomic E-state index is -0.731. The van der Waals surface area contributed by atoms with Crippen LogP contribution in [0.4, 0.5) is 0 Å². The number of hydrogen-bond acceptors (Lipinski definition) is 4. The molecule has 15 heavy (non-hydrogen) atoms. The Balaban J connectivity index is 3.76. The van der Waals surface area contributed by atoms with E-state index in [9.17, 15) is 9.59 Å². The molecule has 0 aliphatic heterocycles. The number of allylic oxidation sites excluding steroid dienone is 1. The van der Waals surface area contributed by atoms with E-state index >= 15 is 0 Å². The Hall–Kier alpha value is -0.840. The summed E-state index contributed by atoms with van der Waals surface area (Å²) in [6.07, 6.45) is 0.0294. The fourth-order valence-corrected chi connectivity index (χ4v) is 0.758. The van der Waals surface area contributed by atoms with Gasteiger partial charge in [-0.25, -0.2) is 0 Å². The maximum absolute atomic E-state index is 11.2. The monoisotopic (exact) mass is 278 g/mol. The van der Waals surface area contributed by atoms with Crippen LogP contribution in [0.2, 0.25) is 0 Å². The van der Waals surface area contributed by atoms with Crippen molar-refractivity contribution in [2.24, 2.45) is 0 Å². The molecule has 0 amide bonds. The first-order valence-electron chi connectivity index (χ1n) is 4.46. The predicted octanol–water partition coefficient (Wildman–Crippen LogP) is 2.17.